The number of benzene rings is 1. The van der Waals surface area contributed by atoms with Gasteiger partial charge in [-0.1, -0.05) is 36.4 Å². The lowest BCUT2D eigenvalue weighted by molar-refractivity contribution is 0.0969. The van der Waals surface area contributed by atoms with Crippen molar-refractivity contribution in [1.82, 2.24) is 0 Å². The zero-order chi connectivity index (χ0) is 23.2. The van der Waals surface area contributed by atoms with Crippen LogP contribution in [0.15, 0.2) is 93.7 Å². The molecule has 0 N–H and O–H groups in total. The van der Waals surface area contributed by atoms with Crippen molar-refractivity contribution >= 4 is 67.6 Å². The molecule has 1 aromatic carbocycles. The lowest BCUT2D eigenvalue weighted by Crippen LogP contribution is -2.49. The molecular formula is C28H18O2S4. The Morgan fingerprint density at radius 1 is 0.618 bits per heavy atom. The molecule has 7 rings (SSSR count). The monoisotopic (exact) mass is 514 g/mol. The summed E-state index contributed by atoms with van der Waals surface area (Å²) >= 11 is 7.09. The summed E-state index contributed by atoms with van der Waals surface area (Å²) in [6.45, 7) is 4.51. The molecule has 0 radical (unpaired) electrons. The van der Waals surface area contributed by atoms with Gasteiger partial charge in [0, 0.05) is 41.8 Å². The second-order valence-corrected chi connectivity index (χ2v) is 13.8. The van der Waals surface area contributed by atoms with Gasteiger partial charge in [-0.25, -0.2) is 0 Å². The van der Waals surface area contributed by atoms with Crippen molar-refractivity contribution in [2.75, 3.05) is 0 Å². The number of thioether (sulfide) groups is 2. The highest BCUT2D eigenvalue weighted by Gasteiger charge is 2.61. The second kappa shape index (κ2) is 7.08. The van der Waals surface area contributed by atoms with Gasteiger partial charge in [0.15, 0.2) is 11.6 Å². The second-order valence-electron chi connectivity index (χ2n) is 9.02. The zero-order valence-corrected chi connectivity index (χ0v) is 21.6. The minimum absolute atomic E-state index is 0.0340. The van der Waals surface area contributed by atoms with Crippen LogP contribution in [0.5, 0.6) is 0 Å². The summed E-state index contributed by atoms with van der Waals surface area (Å²) in [5.74, 6) is -0.0681. The van der Waals surface area contributed by atoms with Gasteiger partial charge < -0.3 is 0 Å². The van der Waals surface area contributed by atoms with Gasteiger partial charge in [0.2, 0.25) is 0 Å². The van der Waals surface area contributed by atoms with Crippen LogP contribution < -0.4 is 0 Å². The average molecular weight is 515 g/mol. The minimum atomic E-state index is -0.386. The normalized spacial score (nSPS) is 27.4. The molecule has 6 heteroatoms. The van der Waals surface area contributed by atoms with Gasteiger partial charge >= 0.3 is 0 Å². The highest BCUT2D eigenvalue weighted by Crippen LogP contribution is 2.70. The molecule has 0 saturated carbocycles. The average Bonchev–Trinajstić information content (AvgIpc) is 3.62. The van der Waals surface area contributed by atoms with E-state index >= 15 is 0 Å². The number of ketones is 2. The Kier molecular flexibility index (Phi) is 4.36. The lowest BCUT2D eigenvalue weighted by atomic mass is 9.66. The van der Waals surface area contributed by atoms with E-state index in [0.717, 1.165) is 11.1 Å². The summed E-state index contributed by atoms with van der Waals surface area (Å²) in [4.78, 5) is 32.7. The maximum absolute atomic E-state index is 14.0. The molecular weight excluding hydrogens is 497 g/mol. The summed E-state index contributed by atoms with van der Waals surface area (Å²) in [7, 11) is 0. The van der Waals surface area contributed by atoms with Crippen LogP contribution in [-0.4, -0.2) is 21.1 Å². The van der Waals surface area contributed by atoms with Crippen molar-refractivity contribution in [1.29, 1.82) is 0 Å². The van der Waals surface area contributed by atoms with E-state index in [1.165, 1.54) is 19.6 Å². The van der Waals surface area contributed by atoms with Crippen LogP contribution in [0, 0.1) is 0 Å². The predicted molar refractivity (Wildman–Crippen MR) is 146 cm³/mol. The first-order valence-corrected chi connectivity index (χ1v) is 14.4. The molecule has 2 atom stereocenters. The molecule has 4 aliphatic rings. The molecule has 0 saturated heterocycles. The SMILES string of the molecule is C[C@@]12SC(c3cccs3)=CC1=C1C(=O)c3ccccc3C(=O)C1=C1C=C(c3cccs3)S[C@]12C. The summed E-state index contributed by atoms with van der Waals surface area (Å²) in [6.07, 6.45) is 4.35. The minimum Gasteiger partial charge on any atom is -0.289 e. The molecule has 166 valence electrons. The molecule has 2 aromatic heterocycles. The molecule has 0 amide bonds. The molecule has 4 heterocycles. The number of hydrogen-bond acceptors (Lipinski definition) is 6. The fourth-order valence-electron chi connectivity index (χ4n) is 5.45. The molecule has 0 unspecified atom stereocenters. The van der Waals surface area contributed by atoms with Crippen molar-refractivity contribution in [2.24, 2.45) is 0 Å². The van der Waals surface area contributed by atoms with Gasteiger partial charge in [0.1, 0.15) is 0 Å². The molecule has 0 spiro atoms. The molecule has 3 aromatic rings. The van der Waals surface area contributed by atoms with E-state index < -0.39 is 0 Å². The first-order valence-electron chi connectivity index (χ1n) is 11.0. The van der Waals surface area contributed by atoms with Crippen molar-refractivity contribution < 1.29 is 9.59 Å². The maximum atomic E-state index is 14.0. The van der Waals surface area contributed by atoms with Crippen LogP contribution in [-0.2, 0) is 0 Å². The Balaban J connectivity index is 1.56. The number of rotatable bonds is 2. The smallest absolute Gasteiger partial charge is 0.194 e. The third-order valence-corrected chi connectivity index (χ3v) is 12.7. The van der Waals surface area contributed by atoms with Crippen molar-refractivity contribution in [3.8, 4) is 0 Å². The topological polar surface area (TPSA) is 34.1 Å². The van der Waals surface area contributed by atoms with Crippen molar-refractivity contribution in [3.05, 3.63) is 115 Å². The number of fused-ring (bicyclic) bond motifs is 5. The summed E-state index contributed by atoms with van der Waals surface area (Å²) in [6, 6.07) is 15.7. The number of carbonyl (C=O) groups is 2. The van der Waals surface area contributed by atoms with Crippen LogP contribution in [0.25, 0.3) is 9.81 Å². The lowest BCUT2D eigenvalue weighted by Gasteiger charge is -2.47. The predicted octanol–water partition coefficient (Wildman–Crippen LogP) is 7.89. The number of carbonyl (C=O) groups excluding carboxylic acids is 2. The molecule has 34 heavy (non-hydrogen) atoms. The summed E-state index contributed by atoms with van der Waals surface area (Å²) in [5, 5.41) is 4.17. The highest BCUT2D eigenvalue weighted by molar-refractivity contribution is 8.14. The Bertz CT molecular complexity index is 1430. The van der Waals surface area contributed by atoms with E-state index in [1.54, 1.807) is 34.8 Å². The Morgan fingerprint density at radius 3 is 1.44 bits per heavy atom. The first-order chi connectivity index (χ1) is 16.4. The Morgan fingerprint density at radius 2 is 1.06 bits per heavy atom. The van der Waals surface area contributed by atoms with Crippen LogP contribution in [0.4, 0.5) is 0 Å². The summed E-state index contributed by atoms with van der Waals surface area (Å²) < 4.78 is -0.772. The third-order valence-electron chi connectivity index (χ3n) is 7.30. The van der Waals surface area contributed by atoms with E-state index in [-0.39, 0.29) is 21.1 Å². The first kappa shape index (κ1) is 20.9. The molecule has 0 bridgehead atoms. The molecule has 2 aliphatic heterocycles. The maximum Gasteiger partial charge on any atom is 0.194 e. The van der Waals surface area contributed by atoms with Gasteiger partial charge in [-0.2, -0.15) is 0 Å². The van der Waals surface area contributed by atoms with E-state index in [0.29, 0.717) is 22.3 Å². The van der Waals surface area contributed by atoms with Crippen molar-refractivity contribution in [2.45, 2.75) is 23.3 Å². The van der Waals surface area contributed by atoms with Gasteiger partial charge in [0.25, 0.3) is 0 Å². The number of thiophene rings is 2. The number of allylic oxidation sites excluding steroid dienone is 4. The molecule has 2 aliphatic carbocycles. The largest absolute Gasteiger partial charge is 0.289 e. The standard InChI is InChI=1S/C28H18O2S4/c1-27-17(13-21(33-27)19-9-5-11-31-19)23-24(26(30)16-8-4-3-7-15(16)25(23)29)18-14-22(34-28(18,27)2)20-10-6-12-32-20/h3-14H,1-2H3/t27-,28-/m1/s1. The van der Waals surface area contributed by atoms with E-state index in [2.05, 4.69) is 61.0 Å². The quantitative estimate of drug-likeness (QED) is 0.348. The Labute approximate surface area is 214 Å². The molecule has 2 nitrogen and oxygen atoms in total. The van der Waals surface area contributed by atoms with E-state index in [1.807, 2.05) is 35.7 Å². The zero-order valence-electron chi connectivity index (χ0n) is 18.4. The van der Waals surface area contributed by atoms with Crippen LogP contribution in [0.2, 0.25) is 0 Å². The fourth-order valence-corrected chi connectivity index (χ4v) is 10.2. The van der Waals surface area contributed by atoms with E-state index in [9.17, 15) is 9.59 Å². The third kappa shape index (κ3) is 2.55. The van der Waals surface area contributed by atoms with Crippen LogP contribution in [0.3, 0.4) is 0 Å². The van der Waals surface area contributed by atoms with Crippen LogP contribution in [0.1, 0.15) is 44.3 Å². The van der Waals surface area contributed by atoms with Crippen molar-refractivity contribution in [3.63, 3.8) is 0 Å². The summed E-state index contributed by atoms with van der Waals surface area (Å²) in [5.41, 5.74) is 4.21. The Hall–Kier alpha value is -2.38. The van der Waals surface area contributed by atoms with Gasteiger partial charge in [-0.3, -0.25) is 9.59 Å². The van der Waals surface area contributed by atoms with Gasteiger partial charge in [-0.15, -0.1) is 46.2 Å². The molecule has 0 fully saturated rings. The highest BCUT2D eigenvalue weighted by atomic mass is 32.2. The van der Waals surface area contributed by atoms with Gasteiger partial charge in [-0.05, 0) is 60.0 Å². The van der Waals surface area contributed by atoms with Crippen LogP contribution >= 0.6 is 46.2 Å². The fraction of sp³-hybridized carbons (Fsp3) is 0.143. The number of hydrogen-bond donors (Lipinski definition) is 0. The number of Topliss-reactive ketones (excluding diaryl/α,β-unsaturated/α-hetero) is 2. The van der Waals surface area contributed by atoms with E-state index in [4.69, 9.17) is 0 Å². The van der Waals surface area contributed by atoms with Gasteiger partial charge in [0.05, 0.1) is 9.49 Å².